The molecule has 1 aliphatic heterocycles. The van der Waals surface area contributed by atoms with Gasteiger partial charge in [-0.15, -0.1) is 0 Å². The van der Waals surface area contributed by atoms with E-state index in [-0.39, 0.29) is 16.8 Å². The molecular formula is C12H15ClFNO2. The van der Waals surface area contributed by atoms with Crippen molar-refractivity contribution in [3.05, 3.63) is 23.0 Å². The lowest BCUT2D eigenvalue weighted by molar-refractivity contribution is -0.0109. The number of hydrogen-bond donors (Lipinski definition) is 1. The highest BCUT2D eigenvalue weighted by molar-refractivity contribution is 6.31. The Hall–Kier alpha value is -1.00. The van der Waals surface area contributed by atoms with E-state index in [0.29, 0.717) is 12.4 Å². The zero-order chi connectivity index (χ0) is 12.3. The fraction of sp³-hybridized carbons (Fsp3) is 0.500. The molecule has 2 rings (SSSR count). The molecule has 1 fully saturated rings. The SMILES string of the molecule is Nc1cc(F)c(Cl)cc1OCC1CCCCO1. The number of nitrogens with two attached hydrogens (primary N) is 1. The summed E-state index contributed by atoms with van der Waals surface area (Å²) in [5.41, 5.74) is 5.89. The zero-order valence-corrected chi connectivity index (χ0v) is 10.2. The molecule has 1 saturated heterocycles. The molecule has 1 aliphatic rings. The minimum atomic E-state index is -0.537. The molecule has 0 saturated carbocycles. The van der Waals surface area contributed by atoms with Gasteiger partial charge in [-0.25, -0.2) is 4.39 Å². The number of halogens is 2. The van der Waals surface area contributed by atoms with E-state index in [9.17, 15) is 4.39 Å². The highest BCUT2D eigenvalue weighted by Gasteiger charge is 2.15. The highest BCUT2D eigenvalue weighted by atomic mass is 35.5. The molecule has 0 spiro atoms. The second-order valence-corrected chi connectivity index (χ2v) is 4.51. The van der Waals surface area contributed by atoms with E-state index in [2.05, 4.69) is 0 Å². The number of benzene rings is 1. The van der Waals surface area contributed by atoms with Gasteiger partial charge in [0, 0.05) is 18.7 Å². The number of nitrogen functional groups attached to an aromatic ring is 1. The van der Waals surface area contributed by atoms with E-state index in [4.69, 9.17) is 26.8 Å². The molecule has 5 heteroatoms. The first-order valence-corrected chi connectivity index (χ1v) is 6.03. The fourth-order valence-corrected chi connectivity index (χ4v) is 1.94. The molecule has 17 heavy (non-hydrogen) atoms. The molecule has 1 aromatic carbocycles. The van der Waals surface area contributed by atoms with Crippen molar-refractivity contribution >= 4 is 17.3 Å². The number of anilines is 1. The van der Waals surface area contributed by atoms with Crippen LogP contribution in [0.2, 0.25) is 5.02 Å². The van der Waals surface area contributed by atoms with Gasteiger partial charge in [0.05, 0.1) is 16.8 Å². The fourth-order valence-electron chi connectivity index (χ4n) is 1.79. The van der Waals surface area contributed by atoms with Crippen molar-refractivity contribution in [3.8, 4) is 5.75 Å². The molecule has 0 bridgehead atoms. The van der Waals surface area contributed by atoms with Gasteiger partial charge in [-0.3, -0.25) is 0 Å². The largest absolute Gasteiger partial charge is 0.489 e. The maximum Gasteiger partial charge on any atom is 0.144 e. The summed E-state index contributed by atoms with van der Waals surface area (Å²) in [6, 6.07) is 2.56. The number of rotatable bonds is 3. The second kappa shape index (κ2) is 5.56. The third-order valence-electron chi connectivity index (χ3n) is 2.75. The average Bonchev–Trinajstić information content (AvgIpc) is 2.33. The highest BCUT2D eigenvalue weighted by Crippen LogP contribution is 2.28. The predicted molar refractivity (Wildman–Crippen MR) is 64.9 cm³/mol. The topological polar surface area (TPSA) is 44.5 Å². The Labute approximate surface area is 105 Å². The van der Waals surface area contributed by atoms with Crippen LogP contribution < -0.4 is 10.5 Å². The summed E-state index contributed by atoms with van der Waals surface area (Å²) < 4.78 is 24.1. The molecule has 3 nitrogen and oxygen atoms in total. The van der Waals surface area contributed by atoms with E-state index in [1.54, 1.807) is 0 Å². The monoisotopic (exact) mass is 259 g/mol. The van der Waals surface area contributed by atoms with Crippen molar-refractivity contribution in [1.82, 2.24) is 0 Å². The lowest BCUT2D eigenvalue weighted by atomic mass is 10.1. The van der Waals surface area contributed by atoms with E-state index in [0.717, 1.165) is 25.9 Å². The summed E-state index contributed by atoms with van der Waals surface area (Å²) in [5, 5.41) is 0.0127. The minimum Gasteiger partial charge on any atom is -0.489 e. The van der Waals surface area contributed by atoms with E-state index in [1.165, 1.54) is 12.1 Å². The van der Waals surface area contributed by atoms with E-state index >= 15 is 0 Å². The molecular weight excluding hydrogens is 245 g/mol. The van der Waals surface area contributed by atoms with Crippen LogP contribution in [-0.4, -0.2) is 19.3 Å². The zero-order valence-electron chi connectivity index (χ0n) is 9.42. The molecule has 1 aromatic rings. The van der Waals surface area contributed by atoms with Crippen LogP contribution in [0.5, 0.6) is 5.75 Å². The van der Waals surface area contributed by atoms with Gasteiger partial charge in [0.25, 0.3) is 0 Å². The maximum absolute atomic E-state index is 13.1. The van der Waals surface area contributed by atoms with Gasteiger partial charge in [-0.05, 0) is 19.3 Å². The summed E-state index contributed by atoms with van der Waals surface area (Å²) in [6.45, 7) is 1.19. The lowest BCUT2D eigenvalue weighted by Gasteiger charge is -2.23. The second-order valence-electron chi connectivity index (χ2n) is 4.10. The number of hydrogen-bond acceptors (Lipinski definition) is 3. The quantitative estimate of drug-likeness (QED) is 0.849. The smallest absolute Gasteiger partial charge is 0.144 e. The number of ether oxygens (including phenoxy) is 2. The van der Waals surface area contributed by atoms with Crippen molar-refractivity contribution in [1.29, 1.82) is 0 Å². The molecule has 2 N–H and O–H groups in total. The van der Waals surface area contributed by atoms with Crippen LogP contribution in [0.25, 0.3) is 0 Å². The standard InChI is InChI=1S/C12H15ClFNO2/c13-9-5-12(11(15)6-10(9)14)17-7-8-3-1-2-4-16-8/h5-6,8H,1-4,7,15H2. The molecule has 0 amide bonds. The van der Waals surface area contributed by atoms with Gasteiger partial charge in [0.2, 0.25) is 0 Å². The summed E-state index contributed by atoms with van der Waals surface area (Å²) in [6.07, 6.45) is 3.32. The van der Waals surface area contributed by atoms with Gasteiger partial charge >= 0.3 is 0 Å². The van der Waals surface area contributed by atoms with Crippen LogP contribution in [0.15, 0.2) is 12.1 Å². The third kappa shape index (κ3) is 3.23. The molecule has 1 heterocycles. The van der Waals surface area contributed by atoms with Crippen molar-refractivity contribution in [3.63, 3.8) is 0 Å². The molecule has 94 valence electrons. The predicted octanol–water partition coefficient (Wildman–Crippen LogP) is 3.01. The van der Waals surface area contributed by atoms with Crippen LogP contribution in [0.1, 0.15) is 19.3 Å². The van der Waals surface area contributed by atoms with Gasteiger partial charge in [-0.1, -0.05) is 11.6 Å². The Bertz CT molecular complexity index is 394. The molecule has 1 atom stereocenters. The van der Waals surface area contributed by atoms with Crippen LogP contribution in [0.4, 0.5) is 10.1 Å². The molecule has 0 aliphatic carbocycles. The van der Waals surface area contributed by atoms with Crippen LogP contribution in [-0.2, 0) is 4.74 Å². The van der Waals surface area contributed by atoms with Gasteiger partial charge < -0.3 is 15.2 Å². The van der Waals surface area contributed by atoms with Crippen molar-refractivity contribution in [2.45, 2.75) is 25.4 Å². The van der Waals surface area contributed by atoms with Gasteiger partial charge in [0.1, 0.15) is 18.2 Å². The van der Waals surface area contributed by atoms with E-state index < -0.39 is 5.82 Å². The summed E-state index contributed by atoms with van der Waals surface area (Å²) in [7, 11) is 0. The van der Waals surface area contributed by atoms with Crippen LogP contribution >= 0.6 is 11.6 Å². The van der Waals surface area contributed by atoms with Crippen LogP contribution in [0.3, 0.4) is 0 Å². The summed E-state index contributed by atoms with van der Waals surface area (Å²) in [5.74, 6) is -0.129. The Kier molecular flexibility index (Phi) is 4.07. The summed E-state index contributed by atoms with van der Waals surface area (Å²) in [4.78, 5) is 0. The van der Waals surface area contributed by atoms with Crippen molar-refractivity contribution in [2.24, 2.45) is 0 Å². The molecule has 0 radical (unpaired) electrons. The normalized spacial score (nSPS) is 20.2. The Morgan fingerprint density at radius 3 is 3.00 bits per heavy atom. The first-order chi connectivity index (χ1) is 8.16. The first-order valence-electron chi connectivity index (χ1n) is 5.66. The van der Waals surface area contributed by atoms with Crippen LogP contribution in [0, 0.1) is 5.82 Å². The average molecular weight is 260 g/mol. The maximum atomic E-state index is 13.1. The van der Waals surface area contributed by atoms with Crippen molar-refractivity contribution < 1.29 is 13.9 Å². The Balaban J connectivity index is 1.96. The summed E-state index contributed by atoms with van der Waals surface area (Å²) >= 11 is 5.67. The molecule has 1 unspecified atom stereocenters. The first kappa shape index (κ1) is 12.5. The Morgan fingerprint density at radius 2 is 2.29 bits per heavy atom. The lowest BCUT2D eigenvalue weighted by Crippen LogP contribution is -2.26. The van der Waals surface area contributed by atoms with Gasteiger partial charge in [0.15, 0.2) is 0 Å². The van der Waals surface area contributed by atoms with Gasteiger partial charge in [-0.2, -0.15) is 0 Å². The molecule has 0 aromatic heterocycles. The van der Waals surface area contributed by atoms with E-state index in [1.807, 2.05) is 0 Å². The van der Waals surface area contributed by atoms with Crippen molar-refractivity contribution in [2.75, 3.05) is 18.9 Å². The minimum absolute atomic E-state index is 0.0127. The Morgan fingerprint density at radius 1 is 1.47 bits per heavy atom. The third-order valence-corrected chi connectivity index (χ3v) is 3.04.